The molecule has 2 aromatic rings. The fourth-order valence-corrected chi connectivity index (χ4v) is 8.52. The molecule has 0 unspecified atom stereocenters. The summed E-state index contributed by atoms with van der Waals surface area (Å²) in [5, 5.41) is 1.08. The molecule has 0 radical (unpaired) electrons. The molecule has 0 fully saturated rings. The zero-order valence-corrected chi connectivity index (χ0v) is 13.5. The highest BCUT2D eigenvalue weighted by Crippen LogP contribution is 2.31. The first kappa shape index (κ1) is 14.8. The summed E-state index contributed by atoms with van der Waals surface area (Å²) in [5.74, 6) is -0.184. The first-order valence-electron chi connectivity index (χ1n) is 7.03. The number of hydrogen-bond acceptors (Lipinski definition) is 2. The molecule has 0 N–H and O–H groups in total. The Labute approximate surface area is 121 Å². The van der Waals surface area contributed by atoms with Gasteiger partial charge in [0, 0.05) is 12.4 Å². The summed E-state index contributed by atoms with van der Waals surface area (Å²) in [6.07, 6.45) is 3.57. The summed E-state index contributed by atoms with van der Waals surface area (Å²) in [6.45, 7) is 8.81. The van der Waals surface area contributed by atoms with Crippen molar-refractivity contribution in [1.29, 1.82) is 0 Å². The summed E-state index contributed by atoms with van der Waals surface area (Å²) in [7, 11) is -2.20. The summed E-state index contributed by atoms with van der Waals surface area (Å²) in [4.78, 5) is 9.06. The van der Waals surface area contributed by atoms with Gasteiger partial charge in [0.2, 0.25) is 0 Å². The molecule has 1 aromatic carbocycles. The van der Waals surface area contributed by atoms with Crippen LogP contribution in [0.4, 0.5) is 4.39 Å². The van der Waals surface area contributed by atoms with E-state index in [9.17, 15) is 4.39 Å². The van der Waals surface area contributed by atoms with Crippen LogP contribution in [0.2, 0.25) is 11.1 Å². The molecule has 20 heavy (non-hydrogen) atoms. The van der Waals surface area contributed by atoms with E-state index in [2.05, 4.69) is 37.7 Å². The lowest BCUT2D eigenvalue weighted by Gasteiger charge is -2.38. The quantitative estimate of drug-likeness (QED) is 0.808. The highest BCUT2D eigenvalue weighted by molar-refractivity contribution is 7.03. The van der Waals surface area contributed by atoms with Crippen LogP contribution in [0.5, 0.6) is 0 Å². The van der Waals surface area contributed by atoms with E-state index in [1.807, 2.05) is 12.1 Å². The first-order valence-corrected chi connectivity index (χ1v) is 9.18. The van der Waals surface area contributed by atoms with Gasteiger partial charge < -0.3 is 0 Å². The Kier molecular flexibility index (Phi) is 4.33. The maximum absolute atomic E-state index is 13.7. The summed E-state index contributed by atoms with van der Waals surface area (Å²) >= 11 is 0. The van der Waals surface area contributed by atoms with Crippen LogP contribution in [-0.2, 0) is 0 Å². The van der Waals surface area contributed by atoms with Gasteiger partial charge in [-0.05, 0) is 34.5 Å². The highest BCUT2D eigenvalue weighted by atomic mass is 28.3. The molecule has 0 atom stereocenters. The van der Waals surface area contributed by atoms with Crippen molar-refractivity contribution in [3.63, 3.8) is 0 Å². The van der Waals surface area contributed by atoms with Crippen molar-refractivity contribution >= 4 is 18.7 Å². The van der Waals surface area contributed by atoms with E-state index in [1.165, 1.54) is 6.07 Å². The number of benzene rings is 1. The second-order valence-corrected chi connectivity index (χ2v) is 10.8. The second-order valence-electron chi connectivity index (χ2n) is 5.76. The molecule has 2 rings (SSSR count). The molecule has 0 amide bonds. The third-order valence-corrected chi connectivity index (χ3v) is 9.97. The van der Waals surface area contributed by atoms with Crippen LogP contribution in [0.3, 0.4) is 0 Å². The van der Waals surface area contributed by atoms with E-state index >= 15 is 0 Å². The molecule has 4 heteroatoms. The van der Waals surface area contributed by atoms with Crippen LogP contribution in [0.1, 0.15) is 27.7 Å². The zero-order valence-electron chi connectivity index (χ0n) is 12.5. The standard InChI is InChI=1S/C16H21FN2Si/c1-12(2)20(13(3)4,16-18-9-6-10-19-16)15-8-5-7-14(17)11-15/h5-13H,1-4H3. The van der Waals surface area contributed by atoms with E-state index in [0.717, 1.165) is 10.6 Å². The second kappa shape index (κ2) is 5.83. The van der Waals surface area contributed by atoms with E-state index in [4.69, 9.17) is 0 Å². The Hall–Kier alpha value is -1.55. The van der Waals surface area contributed by atoms with Gasteiger partial charge in [0.25, 0.3) is 0 Å². The van der Waals surface area contributed by atoms with Crippen molar-refractivity contribution in [1.82, 2.24) is 9.97 Å². The SMILES string of the molecule is CC(C)[Si](c1cccc(F)c1)(c1ncccn1)C(C)C. The van der Waals surface area contributed by atoms with Gasteiger partial charge in [0.15, 0.2) is 8.07 Å². The Morgan fingerprint density at radius 3 is 2.05 bits per heavy atom. The van der Waals surface area contributed by atoms with Crippen molar-refractivity contribution in [3.05, 3.63) is 48.5 Å². The van der Waals surface area contributed by atoms with Crippen LogP contribution in [0.15, 0.2) is 42.7 Å². The fourth-order valence-electron chi connectivity index (χ4n) is 3.24. The molecule has 0 aliphatic heterocycles. The largest absolute Gasteiger partial charge is 0.246 e. The van der Waals surface area contributed by atoms with Gasteiger partial charge in [-0.3, -0.25) is 0 Å². The number of aromatic nitrogens is 2. The van der Waals surface area contributed by atoms with Crippen molar-refractivity contribution in [3.8, 4) is 0 Å². The fraction of sp³-hybridized carbons (Fsp3) is 0.375. The molecular formula is C16H21FN2Si. The van der Waals surface area contributed by atoms with Crippen molar-refractivity contribution in [2.24, 2.45) is 0 Å². The Morgan fingerprint density at radius 1 is 0.950 bits per heavy atom. The predicted molar refractivity (Wildman–Crippen MR) is 83.7 cm³/mol. The van der Waals surface area contributed by atoms with Gasteiger partial charge in [-0.2, -0.15) is 0 Å². The summed E-state index contributed by atoms with van der Waals surface area (Å²) < 4.78 is 13.7. The van der Waals surface area contributed by atoms with E-state index in [-0.39, 0.29) is 5.82 Å². The molecule has 1 aromatic heterocycles. The lowest BCUT2D eigenvalue weighted by molar-refractivity contribution is 0.628. The average molecular weight is 288 g/mol. The normalized spacial score (nSPS) is 12.2. The summed E-state index contributed by atoms with van der Waals surface area (Å²) in [6, 6.07) is 8.82. The molecule has 0 saturated carbocycles. The smallest absolute Gasteiger partial charge is 0.170 e. The number of halogens is 1. The Balaban J connectivity index is 2.72. The molecule has 0 spiro atoms. The lowest BCUT2D eigenvalue weighted by atomic mass is 10.3. The zero-order chi connectivity index (χ0) is 14.8. The van der Waals surface area contributed by atoms with Crippen LogP contribution in [-0.4, -0.2) is 18.0 Å². The van der Waals surface area contributed by atoms with Crippen LogP contribution >= 0.6 is 0 Å². The highest BCUT2D eigenvalue weighted by Gasteiger charge is 2.46. The molecule has 2 nitrogen and oxygen atoms in total. The molecule has 0 aliphatic carbocycles. The van der Waals surface area contributed by atoms with Gasteiger partial charge in [0.05, 0.1) is 0 Å². The van der Waals surface area contributed by atoms with Crippen molar-refractivity contribution in [2.45, 2.75) is 38.8 Å². The third-order valence-electron chi connectivity index (χ3n) is 4.06. The van der Waals surface area contributed by atoms with Gasteiger partial charge in [-0.1, -0.05) is 39.8 Å². The topological polar surface area (TPSA) is 25.8 Å². The van der Waals surface area contributed by atoms with Crippen LogP contribution in [0, 0.1) is 5.82 Å². The number of rotatable bonds is 4. The third kappa shape index (κ3) is 2.40. The van der Waals surface area contributed by atoms with Crippen LogP contribution < -0.4 is 10.6 Å². The van der Waals surface area contributed by atoms with Crippen molar-refractivity contribution < 1.29 is 4.39 Å². The van der Waals surface area contributed by atoms with Crippen molar-refractivity contribution in [2.75, 3.05) is 0 Å². The minimum Gasteiger partial charge on any atom is -0.246 e. The summed E-state index contributed by atoms with van der Waals surface area (Å²) in [5.41, 5.74) is 1.69. The minimum atomic E-state index is -2.20. The number of hydrogen-bond donors (Lipinski definition) is 0. The Morgan fingerprint density at radius 2 is 1.55 bits per heavy atom. The van der Waals surface area contributed by atoms with Gasteiger partial charge >= 0.3 is 0 Å². The molecular weight excluding hydrogens is 267 g/mol. The average Bonchev–Trinajstić information content (AvgIpc) is 2.40. The predicted octanol–water partition coefficient (Wildman–Crippen LogP) is 3.00. The molecule has 1 heterocycles. The molecule has 0 bridgehead atoms. The molecule has 106 valence electrons. The maximum Gasteiger partial charge on any atom is 0.170 e. The van der Waals surface area contributed by atoms with Gasteiger partial charge in [-0.15, -0.1) is 0 Å². The Bertz CT molecular complexity index is 562. The van der Waals surface area contributed by atoms with E-state index < -0.39 is 8.07 Å². The molecule has 0 aliphatic rings. The lowest BCUT2D eigenvalue weighted by Crippen LogP contribution is -2.64. The van der Waals surface area contributed by atoms with E-state index in [0.29, 0.717) is 11.1 Å². The van der Waals surface area contributed by atoms with Crippen LogP contribution in [0.25, 0.3) is 0 Å². The minimum absolute atomic E-state index is 0.184. The first-order chi connectivity index (χ1) is 9.49. The van der Waals surface area contributed by atoms with E-state index in [1.54, 1.807) is 24.5 Å². The van der Waals surface area contributed by atoms with Gasteiger partial charge in [0.1, 0.15) is 11.3 Å². The monoisotopic (exact) mass is 288 g/mol. The number of nitrogens with zero attached hydrogens (tertiary/aromatic N) is 2. The maximum atomic E-state index is 13.7. The van der Waals surface area contributed by atoms with Gasteiger partial charge in [-0.25, -0.2) is 14.4 Å². The molecule has 0 saturated heterocycles.